The van der Waals surface area contributed by atoms with Gasteiger partial charge in [0, 0.05) is 6.42 Å². The van der Waals surface area contributed by atoms with Gasteiger partial charge in [-0.2, -0.15) is 0 Å². The summed E-state index contributed by atoms with van der Waals surface area (Å²) in [6, 6.07) is 0. The molecule has 3 heteroatoms. The third-order valence-electron chi connectivity index (χ3n) is 2.04. The maximum absolute atomic E-state index is 10.7. The standard InChI is InChI=1S/C8H17O2P/c1-3-7(4-2)5-6-8(9)10-11/h7H,3-6,11H2,1-2H3. The normalized spacial score (nSPS) is 10.2. The smallest absolute Gasteiger partial charge is 0.307 e. The molecule has 0 saturated heterocycles. The lowest BCUT2D eigenvalue weighted by Gasteiger charge is -2.09. The summed E-state index contributed by atoms with van der Waals surface area (Å²) in [5.74, 6) is 0.556. The fraction of sp³-hybridized carbons (Fsp3) is 0.875. The zero-order chi connectivity index (χ0) is 8.69. The summed E-state index contributed by atoms with van der Waals surface area (Å²) >= 11 is 0. The number of carbonyl (C=O) groups excluding carboxylic acids is 1. The lowest BCUT2D eigenvalue weighted by atomic mass is 9.98. The van der Waals surface area contributed by atoms with Gasteiger partial charge in [0.05, 0.1) is 9.47 Å². The monoisotopic (exact) mass is 176 g/mol. The highest BCUT2D eigenvalue weighted by atomic mass is 31.0. The number of hydrogen-bond donors (Lipinski definition) is 0. The second kappa shape index (κ2) is 6.60. The van der Waals surface area contributed by atoms with Crippen molar-refractivity contribution in [2.24, 2.45) is 5.92 Å². The van der Waals surface area contributed by atoms with E-state index in [0.29, 0.717) is 12.3 Å². The van der Waals surface area contributed by atoms with Gasteiger partial charge >= 0.3 is 5.97 Å². The van der Waals surface area contributed by atoms with E-state index in [0.717, 1.165) is 19.3 Å². The van der Waals surface area contributed by atoms with E-state index >= 15 is 0 Å². The zero-order valence-corrected chi connectivity index (χ0v) is 8.45. The molecular weight excluding hydrogens is 159 g/mol. The first-order chi connectivity index (χ1) is 5.24. The van der Waals surface area contributed by atoms with Crippen molar-refractivity contribution >= 4 is 15.4 Å². The first kappa shape index (κ1) is 10.9. The van der Waals surface area contributed by atoms with Gasteiger partial charge in [-0.25, -0.2) is 0 Å². The first-order valence-corrected chi connectivity index (χ1v) is 4.61. The van der Waals surface area contributed by atoms with Crippen molar-refractivity contribution < 1.29 is 9.32 Å². The Bertz CT molecular complexity index is 111. The van der Waals surface area contributed by atoms with Gasteiger partial charge < -0.3 is 4.52 Å². The molecule has 0 rings (SSSR count). The molecule has 0 amide bonds. The number of carbonyl (C=O) groups is 1. The fourth-order valence-electron chi connectivity index (χ4n) is 1.08. The van der Waals surface area contributed by atoms with Crippen LogP contribution in [-0.2, 0) is 9.32 Å². The van der Waals surface area contributed by atoms with Gasteiger partial charge in [0.1, 0.15) is 0 Å². The largest absolute Gasteiger partial charge is 0.452 e. The van der Waals surface area contributed by atoms with E-state index in [1.807, 2.05) is 9.47 Å². The van der Waals surface area contributed by atoms with Crippen LogP contribution in [0.25, 0.3) is 0 Å². The van der Waals surface area contributed by atoms with Crippen molar-refractivity contribution in [3.05, 3.63) is 0 Å². The Morgan fingerprint density at radius 1 is 1.45 bits per heavy atom. The van der Waals surface area contributed by atoms with Crippen molar-refractivity contribution in [3.63, 3.8) is 0 Å². The third-order valence-corrected chi connectivity index (χ3v) is 2.31. The maximum Gasteiger partial charge on any atom is 0.307 e. The van der Waals surface area contributed by atoms with Crippen LogP contribution in [0.3, 0.4) is 0 Å². The molecule has 0 N–H and O–H groups in total. The molecule has 0 aromatic carbocycles. The molecule has 0 aromatic heterocycles. The minimum Gasteiger partial charge on any atom is -0.452 e. The minimum atomic E-state index is -0.123. The first-order valence-electron chi connectivity index (χ1n) is 4.14. The summed E-state index contributed by atoms with van der Waals surface area (Å²) in [5, 5.41) is 0. The topological polar surface area (TPSA) is 26.3 Å². The van der Waals surface area contributed by atoms with Crippen LogP contribution in [0.5, 0.6) is 0 Å². The summed E-state index contributed by atoms with van der Waals surface area (Å²) < 4.78 is 4.47. The van der Waals surface area contributed by atoms with Crippen LogP contribution in [0, 0.1) is 5.92 Å². The van der Waals surface area contributed by atoms with E-state index in [2.05, 4.69) is 18.4 Å². The molecule has 1 atom stereocenters. The highest BCUT2D eigenvalue weighted by Crippen LogP contribution is 2.15. The highest BCUT2D eigenvalue weighted by molar-refractivity contribution is 7.10. The Morgan fingerprint density at radius 3 is 2.36 bits per heavy atom. The average Bonchev–Trinajstić information content (AvgIpc) is 2.06. The summed E-state index contributed by atoms with van der Waals surface area (Å²) in [6.45, 7) is 4.31. The quantitative estimate of drug-likeness (QED) is 0.602. The summed E-state index contributed by atoms with van der Waals surface area (Å²) in [6.07, 6.45) is 3.82. The van der Waals surface area contributed by atoms with Crippen molar-refractivity contribution in [2.75, 3.05) is 0 Å². The molecule has 0 radical (unpaired) electrons. The molecule has 0 aromatic rings. The maximum atomic E-state index is 10.7. The Hall–Kier alpha value is -0.100. The molecule has 0 heterocycles. The number of hydrogen-bond acceptors (Lipinski definition) is 2. The van der Waals surface area contributed by atoms with Crippen molar-refractivity contribution in [1.29, 1.82) is 0 Å². The molecule has 0 aliphatic carbocycles. The zero-order valence-electron chi connectivity index (χ0n) is 7.30. The molecular formula is C8H17O2P. The lowest BCUT2D eigenvalue weighted by molar-refractivity contribution is -0.133. The fourth-order valence-corrected chi connectivity index (χ4v) is 1.20. The van der Waals surface area contributed by atoms with E-state index in [1.165, 1.54) is 0 Å². The van der Waals surface area contributed by atoms with E-state index in [-0.39, 0.29) is 5.97 Å². The van der Waals surface area contributed by atoms with Crippen LogP contribution in [0.15, 0.2) is 0 Å². The lowest BCUT2D eigenvalue weighted by Crippen LogP contribution is -2.02. The summed E-state index contributed by atoms with van der Waals surface area (Å²) in [4.78, 5) is 10.7. The minimum absolute atomic E-state index is 0.123. The van der Waals surface area contributed by atoms with Gasteiger partial charge in [-0.1, -0.05) is 26.7 Å². The summed E-state index contributed by atoms with van der Waals surface area (Å²) in [7, 11) is 1.98. The molecule has 0 spiro atoms. The Labute approximate surface area is 71.0 Å². The van der Waals surface area contributed by atoms with E-state index in [1.54, 1.807) is 0 Å². The van der Waals surface area contributed by atoms with E-state index in [9.17, 15) is 4.79 Å². The van der Waals surface area contributed by atoms with Crippen molar-refractivity contribution in [2.45, 2.75) is 39.5 Å². The molecule has 0 aliphatic heterocycles. The van der Waals surface area contributed by atoms with Gasteiger partial charge in [0.15, 0.2) is 0 Å². The second-order valence-electron chi connectivity index (χ2n) is 2.71. The van der Waals surface area contributed by atoms with Gasteiger partial charge in [0.2, 0.25) is 0 Å². The second-order valence-corrected chi connectivity index (χ2v) is 2.95. The molecule has 0 bridgehead atoms. The van der Waals surface area contributed by atoms with E-state index < -0.39 is 0 Å². The van der Waals surface area contributed by atoms with Gasteiger partial charge in [0.25, 0.3) is 0 Å². The predicted molar refractivity (Wildman–Crippen MR) is 49.1 cm³/mol. The average molecular weight is 176 g/mol. The van der Waals surface area contributed by atoms with Crippen molar-refractivity contribution in [1.82, 2.24) is 0 Å². The Morgan fingerprint density at radius 2 is 2.00 bits per heavy atom. The van der Waals surface area contributed by atoms with Gasteiger partial charge in [-0.05, 0) is 12.3 Å². The number of rotatable bonds is 5. The van der Waals surface area contributed by atoms with Crippen LogP contribution in [0.1, 0.15) is 39.5 Å². The van der Waals surface area contributed by atoms with Crippen LogP contribution in [0.4, 0.5) is 0 Å². The molecule has 11 heavy (non-hydrogen) atoms. The summed E-state index contributed by atoms with van der Waals surface area (Å²) in [5.41, 5.74) is 0. The Balaban J connectivity index is 3.42. The van der Waals surface area contributed by atoms with Crippen molar-refractivity contribution in [3.8, 4) is 0 Å². The Kier molecular flexibility index (Phi) is 6.54. The molecule has 0 aliphatic rings. The van der Waals surface area contributed by atoms with Crippen LogP contribution in [0.2, 0.25) is 0 Å². The predicted octanol–water partition coefficient (Wildman–Crippen LogP) is 2.54. The molecule has 0 saturated carbocycles. The molecule has 0 fully saturated rings. The van der Waals surface area contributed by atoms with Gasteiger partial charge in [-0.3, -0.25) is 4.79 Å². The highest BCUT2D eigenvalue weighted by Gasteiger charge is 2.06. The molecule has 1 unspecified atom stereocenters. The van der Waals surface area contributed by atoms with E-state index in [4.69, 9.17) is 0 Å². The third kappa shape index (κ3) is 5.20. The van der Waals surface area contributed by atoms with Gasteiger partial charge in [-0.15, -0.1) is 0 Å². The molecule has 66 valence electrons. The molecule has 2 nitrogen and oxygen atoms in total. The SMILES string of the molecule is CCC(CC)CCC(=O)OP. The van der Waals surface area contributed by atoms with Crippen LogP contribution in [-0.4, -0.2) is 5.97 Å². The van der Waals surface area contributed by atoms with Crippen LogP contribution < -0.4 is 0 Å². The van der Waals surface area contributed by atoms with Crippen LogP contribution >= 0.6 is 9.47 Å².